The second-order valence-corrected chi connectivity index (χ2v) is 7.81. The van der Waals surface area contributed by atoms with Gasteiger partial charge in [0, 0.05) is 17.1 Å². The Labute approximate surface area is 173 Å². The normalized spacial score (nSPS) is 11.8. The van der Waals surface area contributed by atoms with Crippen molar-refractivity contribution in [1.29, 1.82) is 0 Å². The van der Waals surface area contributed by atoms with E-state index >= 15 is 0 Å². The highest BCUT2D eigenvalue weighted by atomic mass is 35.5. The van der Waals surface area contributed by atoms with Gasteiger partial charge in [0.05, 0.1) is 16.0 Å². The third-order valence-electron chi connectivity index (χ3n) is 4.45. The molecule has 29 heavy (non-hydrogen) atoms. The molecule has 148 valence electrons. The maximum Gasteiger partial charge on any atom is 0.417 e. The lowest BCUT2D eigenvalue weighted by Gasteiger charge is -2.12. The van der Waals surface area contributed by atoms with Crippen LogP contribution in [0.15, 0.2) is 42.2 Å². The van der Waals surface area contributed by atoms with Crippen LogP contribution in [0.3, 0.4) is 0 Å². The third-order valence-corrected chi connectivity index (χ3v) is 5.62. The Morgan fingerprint density at radius 3 is 2.48 bits per heavy atom. The first-order valence-electron chi connectivity index (χ1n) is 8.53. The highest BCUT2D eigenvalue weighted by Crippen LogP contribution is 2.40. The summed E-state index contributed by atoms with van der Waals surface area (Å²) < 4.78 is 38.6. The minimum Gasteiger partial charge on any atom is -0.323 e. The van der Waals surface area contributed by atoms with Crippen molar-refractivity contribution in [3.63, 3.8) is 0 Å². The van der Waals surface area contributed by atoms with Crippen LogP contribution in [0.25, 0.3) is 21.3 Å². The Kier molecular flexibility index (Phi) is 4.92. The minimum absolute atomic E-state index is 0.0949. The van der Waals surface area contributed by atoms with Crippen molar-refractivity contribution in [3.8, 4) is 11.1 Å². The monoisotopic (exact) mass is 434 g/mol. The van der Waals surface area contributed by atoms with Crippen LogP contribution in [0.5, 0.6) is 0 Å². The molecule has 0 radical (unpaired) electrons. The van der Waals surface area contributed by atoms with Gasteiger partial charge in [0.1, 0.15) is 22.8 Å². The fourth-order valence-electron chi connectivity index (χ4n) is 3.08. The molecule has 1 N–H and O–H groups in total. The molecule has 3 heterocycles. The van der Waals surface area contributed by atoms with Crippen molar-refractivity contribution in [1.82, 2.24) is 15.0 Å². The van der Waals surface area contributed by atoms with Crippen molar-refractivity contribution in [3.05, 3.63) is 63.9 Å². The van der Waals surface area contributed by atoms with Crippen LogP contribution in [-0.4, -0.2) is 15.0 Å². The van der Waals surface area contributed by atoms with Gasteiger partial charge in [-0.3, -0.25) is 0 Å². The van der Waals surface area contributed by atoms with E-state index in [1.54, 1.807) is 0 Å². The summed E-state index contributed by atoms with van der Waals surface area (Å²) in [6.45, 7) is 4.05. The number of aromatic nitrogens is 3. The average Bonchev–Trinajstić information content (AvgIpc) is 3.07. The lowest BCUT2D eigenvalue weighted by molar-refractivity contribution is -0.137. The molecule has 9 heteroatoms. The zero-order chi connectivity index (χ0) is 20.8. The maximum atomic E-state index is 12.9. The molecule has 0 bridgehead atoms. The Bertz CT molecular complexity index is 1220. The number of thiophene rings is 1. The summed E-state index contributed by atoms with van der Waals surface area (Å²) in [4.78, 5) is 13.2. The molecule has 0 atom stereocenters. The first-order valence-corrected chi connectivity index (χ1v) is 9.79. The molecule has 4 nitrogen and oxygen atoms in total. The molecule has 0 fully saturated rings. The standard InChI is InChI=1S/C20H14ClF3N4S/c1-10-3-4-13(11(2)5-10)14-8-29-19-16(14)18(26-9-27-19)28-17-15(21)6-12(7-25-17)20(22,23)24/h3-9H,1-2H3,(H,25,26,27,28). The predicted molar refractivity (Wildman–Crippen MR) is 110 cm³/mol. The van der Waals surface area contributed by atoms with Gasteiger partial charge in [-0.2, -0.15) is 13.2 Å². The van der Waals surface area contributed by atoms with Crippen molar-refractivity contribution >= 4 is 44.8 Å². The van der Waals surface area contributed by atoms with Crippen LogP contribution in [0.4, 0.5) is 24.8 Å². The molecule has 3 aromatic heterocycles. The second-order valence-electron chi connectivity index (χ2n) is 6.55. The van der Waals surface area contributed by atoms with E-state index in [0.29, 0.717) is 5.82 Å². The molecule has 4 rings (SSSR count). The van der Waals surface area contributed by atoms with E-state index in [1.807, 2.05) is 31.4 Å². The second kappa shape index (κ2) is 7.27. The Hall–Kier alpha value is -2.71. The predicted octanol–water partition coefficient (Wildman–Crippen LogP) is 6.79. The van der Waals surface area contributed by atoms with Gasteiger partial charge in [0.15, 0.2) is 0 Å². The number of fused-ring (bicyclic) bond motifs is 1. The Morgan fingerprint density at radius 2 is 1.79 bits per heavy atom. The summed E-state index contributed by atoms with van der Waals surface area (Å²) in [5.74, 6) is 0.526. The zero-order valence-electron chi connectivity index (χ0n) is 15.3. The Balaban J connectivity index is 1.80. The number of rotatable bonds is 3. The molecular weight excluding hydrogens is 421 g/mol. The number of alkyl halides is 3. The SMILES string of the molecule is Cc1ccc(-c2csc3ncnc(Nc4ncc(C(F)(F)F)cc4Cl)c23)c(C)c1. The number of aryl methyl sites for hydroxylation is 2. The molecule has 0 amide bonds. The van der Waals surface area contributed by atoms with E-state index in [0.717, 1.165) is 44.7 Å². The average molecular weight is 435 g/mol. The first kappa shape index (κ1) is 19.6. The number of nitrogens with one attached hydrogen (secondary N) is 1. The third kappa shape index (κ3) is 3.77. The molecule has 1 aromatic carbocycles. The highest BCUT2D eigenvalue weighted by Gasteiger charge is 2.31. The lowest BCUT2D eigenvalue weighted by Crippen LogP contribution is -2.07. The van der Waals surface area contributed by atoms with Crippen LogP contribution in [-0.2, 0) is 6.18 Å². The van der Waals surface area contributed by atoms with Crippen molar-refractivity contribution in [2.24, 2.45) is 0 Å². The molecule has 0 spiro atoms. The minimum atomic E-state index is -4.51. The Morgan fingerprint density at radius 1 is 1.00 bits per heavy atom. The summed E-state index contributed by atoms with van der Waals surface area (Å²) in [6, 6.07) is 6.99. The lowest BCUT2D eigenvalue weighted by atomic mass is 9.99. The van der Waals surface area contributed by atoms with Gasteiger partial charge in [-0.1, -0.05) is 35.4 Å². The molecule has 0 saturated heterocycles. The van der Waals surface area contributed by atoms with E-state index < -0.39 is 11.7 Å². The molecule has 0 aliphatic carbocycles. The van der Waals surface area contributed by atoms with Gasteiger partial charge in [0.2, 0.25) is 0 Å². The molecule has 0 aliphatic heterocycles. The highest BCUT2D eigenvalue weighted by molar-refractivity contribution is 7.17. The molecular formula is C20H14ClF3N4S. The number of anilines is 2. The van der Waals surface area contributed by atoms with Crippen LogP contribution in [0, 0.1) is 13.8 Å². The van der Waals surface area contributed by atoms with Crippen LogP contribution in [0.2, 0.25) is 5.02 Å². The smallest absolute Gasteiger partial charge is 0.323 e. The van der Waals surface area contributed by atoms with E-state index in [2.05, 4.69) is 26.3 Å². The molecule has 4 aromatic rings. The number of pyridine rings is 1. The van der Waals surface area contributed by atoms with E-state index in [1.165, 1.54) is 17.7 Å². The maximum absolute atomic E-state index is 12.9. The molecule has 0 aliphatic rings. The van der Waals surface area contributed by atoms with E-state index in [9.17, 15) is 13.2 Å². The number of hydrogen-bond acceptors (Lipinski definition) is 5. The quantitative estimate of drug-likeness (QED) is 0.386. The fourth-order valence-corrected chi connectivity index (χ4v) is 4.20. The zero-order valence-corrected chi connectivity index (χ0v) is 16.9. The first-order chi connectivity index (χ1) is 13.7. The summed E-state index contributed by atoms with van der Waals surface area (Å²) in [6.07, 6.45) is -2.38. The number of nitrogens with zero attached hydrogens (tertiary/aromatic N) is 3. The van der Waals surface area contributed by atoms with Gasteiger partial charge in [-0.05, 0) is 31.0 Å². The van der Waals surface area contributed by atoms with E-state index in [4.69, 9.17) is 11.6 Å². The van der Waals surface area contributed by atoms with Gasteiger partial charge < -0.3 is 5.32 Å². The van der Waals surface area contributed by atoms with Crippen molar-refractivity contribution in [2.75, 3.05) is 5.32 Å². The topological polar surface area (TPSA) is 50.7 Å². The van der Waals surface area contributed by atoms with Crippen molar-refractivity contribution < 1.29 is 13.2 Å². The summed E-state index contributed by atoms with van der Waals surface area (Å²) >= 11 is 7.51. The van der Waals surface area contributed by atoms with Gasteiger partial charge >= 0.3 is 6.18 Å². The molecule has 0 saturated carbocycles. The van der Waals surface area contributed by atoms with Gasteiger partial charge in [0.25, 0.3) is 0 Å². The molecule has 0 unspecified atom stereocenters. The fraction of sp³-hybridized carbons (Fsp3) is 0.150. The van der Waals surface area contributed by atoms with Crippen molar-refractivity contribution in [2.45, 2.75) is 20.0 Å². The van der Waals surface area contributed by atoms with Crippen LogP contribution in [0.1, 0.15) is 16.7 Å². The van der Waals surface area contributed by atoms with Crippen LogP contribution < -0.4 is 5.32 Å². The number of hydrogen-bond donors (Lipinski definition) is 1. The van der Waals surface area contributed by atoms with Gasteiger partial charge in [-0.15, -0.1) is 11.3 Å². The number of benzene rings is 1. The summed E-state index contributed by atoms with van der Waals surface area (Å²) in [5, 5.41) is 5.58. The number of halogens is 4. The van der Waals surface area contributed by atoms with E-state index in [-0.39, 0.29) is 10.8 Å². The largest absolute Gasteiger partial charge is 0.417 e. The summed E-state index contributed by atoms with van der Waals surface area (Å²) in [7, 11) is 0. The summed E-state index contributed by atoms with van der Waals surface area (Å²) in [5.41, 5.74) is 3.32. The van der Waals surface area contributed by atoms with Gasteiger partial charge in [-0.25, -0.2) is 15.0 Å². The van der Waals surface area contributed by atoms with Crippen LogP contribution >= 0.6 is 22.9 Å².